The Balaban J connectivity index is 1.32. The number of benzene rings is 2. The number of aromatic nitrogens is 1. The van der Waals surface area contributed by atoms with E-state index in [2.05, 4.69) is 34.7 Å². The predicted molar refractivity (Wildman–Crippen MR) is 96.6 cm³/mol. The molecule has 3 N–H and O–H groups in total. The quantitative estimate of drug-likeness (QED) is 0.516. The average molecular weight is 335 g/mol. The first-order valence-corrected chi connectivity index (χ1v) is 8.51. The van der Waals surface area contributed by atoms with Crippen molar-refractivity contribution in [1.29, 1.82) is 0 Å². The van der Waals surface area contributed by atoms with Gasteiger partial charge in [0.2, 0.25) is 0 Å². The summed E-state index contributed by atoms with van der Waals surface area (Å²) in [5.74, 6) is 1.47. The molecular weight excluding hydrogens is 315 g/mol. The number of rotatable bonds is 6. The molecule has 0 aliphatic heterocycles. The number of nitrogens with two attached hydrogens (primary N) is 1. The van der Waals surface area contributed by atoms with Gasteiger partial charge in [0.15, 0.2) is 5.76 Å². The van der Waals surface area contributed by atoms with E-state index in [9.17, 15) is 4.39 Å². The molecule has 2 aromatic heterocycles. The number of fused-ring (bicyclic) bond motifs is 1. The van der Waals surface area contributed by atoms with Crippen LogP contribution in [0.25, 0.3) is 22.2 Å². The lowest BCUT2D eigenvalue weighted by atomic mass is 10.1. The lowest BCUT2D eigenvalue weighted by Crippen LogP contribution is -2.83. The lowest BCUT2D eigenvalue weighted by molar-refractivity contribution is -0.671. The van der Waals surface area contributed by atoms with Gasteiger partial charge in [-0.05, 0) is 48.0 Å². The van der Waals surface area contributed by atoms with Crippen molar-refractivity contribution in [3.05, 3.63) is 84.0 Å². The average Bonchev–Trinajstić information content (AvgIpc) is 3.27. The Morgan fingerprint density at radius 3 is 2.68 bits per heavy atom. The molecule has 4 aromatic rings. The molecule has 0 unspecified atom stereocenters. The maximum absolute atomic E-state index is 13.0. The van der Waals surface area contributed by atoms with Gasteiger partial charge < -0.3 is 14.7 Å². The summed E-state index contributed by atoms with van der Waals surface area (Å²) in [6.07, 6.45) is 3.10. The fourth-order valence-corrected chi connectivity index (χ4v) is 3.10. The van der Waals surface area contributed by atoms with Gasteiger partial charge in [-0.25, -0.2) is 4.39 Å². The van der Waals surface area contributed by atoms with Crippen molar-refractivity contribution < 1.29 is 14.1 Å². The first-order chi connectivity index (χ1) is 12.3. The highest BCUT2D eigenvalue weighted by Gasteiger charge is 2.07. The Morgan fingerprint density at radius 2 is 1.80 bits per heavy atom. The van der Waals surface area contributed by atoms with Crippen molar-refractivity contribution in [3.63, 3.8) is 0 Å². The molecule has 0 aliphatic carbocycles. The molecule has 0 saturated carbocycles. The van der Waals surface area contributed by atoms with E-state index in [4.69, 9.17) is 4.42 Å². The molecule has 0 atom stereocenters. The second kappa shape index (κ2) is 6.95. The van der Waals surface area contributed by atoms with Gasteiger partial charge in [-0.2, -0.15) is 0 Å². The summed E-state index contributed by atoms with van der Waals surface area (Å²) >= 11 is 0. The Bertz CT molecular complexity index is 969. The van der Waals surface area contributed by atoms with Gasteiger partial charge in [-0.1, -0.05) is 18.2 Å². The molecule has 4 rings (SSSR count). The molecule has 4 heteroatoms. The zero-order chi connectivity index (χ0) is 17.1. The number of aromatic amines is 1. The number of H-pyrrole nitrogens is 1. The second-order valence-electron chi connectivity index (χ2n) is 6.16. The third-order valence-electron chi connectivity index (χ3n) is 4.43. The predicted octanol–water partition coefficient (Wildman–Crippen LogP) is 3.87. The maximum atomic E-state index is 13.0. The minimum absolute atomic E-state index is 0.235. The molecule has 0 amide bonds. The highest BCUT2D eigenvalue weighted by molar-refractivity contribution is 5.83. The third kappa shape index (κ3) is 3.49. The van der Waals surface area contributed by atoms with Gasteiger partial charge in [0, 0.05) is 29.1 Å². The van der Waals surface area contributed by atoms with Crippen molar-refractivity contribution in [3.8, 4) is 11.3 Å². The SMILES string of the molecule is Fc1ccc(-c2ccc(C[NH2+]CCc3c[nH]c4ccccc34)o2)cc1. The molecule has 3 nitrogen and oxygen atoms in total. The van der Waals surface area contributed by atoms with Crippen LogP contribution in [0.2, 0.25) is 0 Å². The number of furan rings is 1. The van der Waals surface area contributed by atoms with Crippen molar-refractivity contribution in [2.75, 3.05) is 6.54 Å². The van der Waals surface area contributed by atoms with Gasteiger partial charge in [-0.15, -0.1) is 0 Å². The molecule has 0 fully saturated rings. The minimum Gasteiger partial charge on any atom is -0.455 e. The fraction of sp³-hybridized carbons (Fsp3) is 0.143. The van der Waals surface area contributed by atoms with Crippen LogP contribution in [0.4, 0.5) is 4.39 Å². The highest BCUT2D eigenvalue weighted by atomic mass is 19.1. The standard InChI is InChI=1S/C21H19FN2O/c22-17-7-5-15(6-8-17)21-10-9-18(25-21)14-23-12-11-16-13-24-20-4-2-1-3-19(16)20/h1-10,13,23-24H,11-12,14H2/p+1. The molecule has 0 radical (unpaired) electrons. The molecule has 126 valence electrons. The van der Waals surface area contributed by atoms with Gasteiger partial charge in [-0.3, -0.25) is 0 Å². The molecule has 0 bridgehead atoms. The van der Waals surface area contributed by atoms with Gasteiger partial charge in [0.05, 0.1) is 6.54 Å². The Kier molecular flexibility index (Phi) is 4.36. The number of hydrogen-bond acceptors (Lipinski definition) is 1. The molecule has 2 heterocycles. The summed E-state index contributed by atoms with van der Waals surface area (Å²) in [5, 5.41) is 3.54. The van der Waals surface area contributed by atoms with Crippen LogP contribution < -0.4 is 5.32 Å². The lowest BCUT2D eigenvalue weighted by Gasteiger charge is -2.00. The monoisotopic (exact) mass is 335 g/mol. The molecule has 0 spiro atoms. The Labute approximate surface area is 145 Å². The van der Waals surface area contributed by atoms with Crippen LogP contribution in [0.1, 0.15) is 11.3 Å². The van der Waals surface area contributed by atoms with Crippen LogP contribution in [0, 0.1) is 5.82 Å². The van der Waals surface area contributed by atoms with E-state index in [1.165, 1.54) is 28.6 Å². The van der Waals surface area contributed by atoms with E-state index in [0.29, 0.717) is 0 Å². The fourth-order valence-electron chi connectivity index (χ4n) is 3.10. The second-order valence-corrected chi connectivity index (χ2v) is 6.16. The number of para-hydroxylation sites is 1. The summed E-state index contributed by atoms with van der Waals surface area (Å²) in [4.78, 5) is 3.31. The topological polar surface area (TPSA) is 45.5 Å². The molecule has 0 saturated heterocycles. The Morgan fingerprint density at radius 1 is 0.960 bits per heavy atom. The number of halogens is 1. The van der Waals surface area contributed by atoms with Crippen molar-refractivity contribution in [2.24, 2.45) is 0 Å². The molecular formula is C21H20FN2O+. The van der Waals surface area contributed by atoms with Crippen LogP contribution >= 0.6 is 0 Å². The number of quaternary nitrogens is 1. The Hall–Kier alpha value is -2.85. The third-order valence-corrected chi connectivity index (χ3v) is 4.43. The first-order valence-electron chi connectivity index (χ1n) is 8.51. The summed E-state index contributed by atoms with van der Waals surface area (Å²) in [7, 11) is 0. The van der Waals surface area contributed by atoms with Crippen LogP contribution in [0.5, 0.6) is 0 Å². The van der Waals surface area contributed by atoms with E-state index in [1.807, 2.05) is 18.2 Å². The minimum atomic E-state index is -0.235. The first kappa shape index (κ1) is 15.7. The summed E-state index contributed by atoms with van der Waals surface area (Å²) in [6, 6.07) is 18.7. The highest BCUT2D eigenvalue weighted by Crippen LogP contribution is 2.22. The molecule has 2 aromatic carbocycles. The summed E-state index contributed by atoms with van der Waals surface area (Å²) in [5.41, 5.74) is 3.43. The van der Waals surface area contributed by atoms with E-state index < -0.39 is 0 Å². The zero-order valence-electron chi connectivity index (χ0n) is 13.8. The molecule has 25 heavy (non-hydrogen) atoms. The van der Waals surface area contributed by atoms with Crippen molar-refractivity contribution in [1.82, 2.24) is 4.98 Å². The molecule has 0 aliphatic rings. The summed E-state index contributed by atoms with van der Waals surface area (Å²) in [6.45, 7) is 1.79. The zero-order valence-corrected chi connectivity index (χ0v) is 13.8. The van der Waals surface area contributed by atoms with E-state index in [1.54, 1.807) is 12.1 Å². The van der Waals surface area contributed by atoms with Crippen molar-refractivity contribution >= 4 is 10.9 Å². The van der Waals surface area contributed by atoms with Crippen molar-refractivity contribution in [2.45, 2.75) is 13.0 Å². The van der Waals surface area contributed by atoms with Gasteiger partial charge in [0.25, 0.3) is 0 Å². The largest absolute Gasteiger partial charge is 0.455 e. The van der Waals surface area contributed by atoms with Crippen LogP contribution in [0.3, 0.4) is 0 Å². The van der Waals surface area contributed by atoms with Gasteiger partial charge in [0.1, 0.15) is 18.1 Å². The number of nitrogens with one attached hydrogen (secondary N) is 1. The number of hydrogen-bond donors (Lipinski definition) is 2. The van der Waals surface area contributed by atoms with E-state index >= 15 is 0 Å². The smallest absolute Gasteiger partial charge is 0.158 e. The normalized spacial score (nSPS) is 11.2. The van der Waals surface area contributed by atoms with Crippen LogP contribution in [-0.4, -0.2) is 11.5 Å². The van der Waals surface area contributed by atoms with Crippen LogP contribution in [-0.2, 0) is 13.0 Å². The maximum Gasteiger partial charge on any atom is 0.158 e. The summed E-state index contributed by atoms with van der Waals surface area (Å²) < 4.78 is 18.8. The van der Waals surface area contributed by atoms with E-state index in [0.717, 1.165) is 36.6 Å². The van der Waals surface area contributed by atoms with E-state index in [-0.39, 0.29) is 5.82 Å². The van der Waals surface area contributed by atoms with Gasteiger partial charge >= 0.3 is 0 Å². The van der Waals surface area contributed by atoms with Crippen LogP contribution in [0.15, 0.2) is 71.3 Å².